The summed E-state index contributed by atoms with van der Waals surface area (Å²) in [5, 5.41) is 0. The Balaban J connectivity index is 3.71. The number of halogens is 8. The van der Waals surface area contributed by atoms with Crippen molar-refractivity contribution in [3.05, 3.63) is 28.8 Å². The van der Waals surface area contributed by atoms with Crippen LogP contribution in [0.5, 0.6) is 5.75 Å². The molecule has 0 bridgehead atoms. The van der Waals surface area contributed by atoms with Gasteiger partial charge in [0.1, 0.15) is 5.56 Å². The highest BCUT2D eigenvalue weighted by atomic mass is 19.4. The van der Waals surface area contributed by atoms with E-state index in [1.54, 1.807) is 0 Å². The van der Waals surface area contributed by atoms with Crippen LogP contribution in [0.3, 0.4) is 0 Å². The predicted molar refractivity (Wildman–Crippen MR) is 42.9 cm³/mol. The lowest BCUT2D eigenvalue weighted by atomic mass is 10.1. The zero-order chi connectivity index (χ0) is 14.3. The summed E-state index contributed by atoms with van der Waals surface area (Å²) >= 11 is 0. The van der Waals surface area contributed by atoms with Crippen LogP contribution in [0.25, 0.3) is 0 Å². The summed E-state index contributed by atoms with van der Waals surface area (Å²) in [5.74, 6) is -6.28. The van der Waals surface area contributed by atoms with E-state index in [-0.39, 0.29) is 6.07 Å². The molecule has 0 atom stereocenters. The molecule has 0 saturated carbocycles. The van der Waals surface area contributed by atoms with Crippen LogP contribution < -0.4 is 4.74 Å². The van der Waals surface area contributed by atoms with Crippen LogP contribution >= 0.6 is 0 Å². The molecule has 9 heteroatoms. The topological polar surface area (TPSA) is 9.23 Å². The van der Waals surface area contributed by atoms with Crippen molar-refractivity contribution in [2.45, 2.75) is 12.4 Å². The van der Waals surface area contributed by atoms with Crippen molar-refractivity contribution in [2.24, 2.45) is 0 Å². The van der Waals surface area contributed by atoms with Gasteiger partial charge in [-0.2, -0.15) is 26.3 Å². The Labute approximate surface area is 95.0 Å². The molecule has 0 aromatic heterocycles. The molecule has 0 fully saturated rings. The summed E-state index contributed by atoms with van der Waals surface area (Å²) in [7, 11) is 0.663. The molecule has 1 aromatic rings. The number of rotatable bonds is 1. The van der Waals surface area contributed by atoms with Gasteiger partial charge in [0.05, 0.1) is 12.7 Å². The molecule has 0 unspecified atom stereocenters. The molecule has 1 nitrogen and oxygen atoms in total. The number of methoxy groups -OCH3 is 1. The predicted octanol–water partition coefficient (Wildman–Crippen LogP) is 4.01. The van der Waals surface area contributed by atoms with E-state index in [0.717, 1.165) is 0 Å². The second kappa shape index (κ2) is 4.29. The van der Waals surface area contributed by atoms with Crippen molar-refractivity contribution >= 4 is 0 Å². The van der Waals surface area contributed by atoms with E-state index in [2.05, 4.69) is 4.74 Å². The number of alkyl halides is 6. The Morgan fingerprint density at radius 3 is 1.72 bits per heavy atom. The Morgan fingerprint density at radius 1 is 0.889 bits per heavy atom. The first-order valence-corrected chi connectivity index (χ1v) is 4.20. The maximum absolute atomic E-state index is 13.1. The SMILES string of the molecule is COc1cc(C(F)(F)F)c(F)c(C(F)(F)F)c1F. The van der Waals surface area contributed by atoms with Gasteiger partial charge in [-0.1, -0.05) is 0 Å². The first kappa shape index (κ1) is 14.5. The summed E-state index contributed by atoms with van der Waals surface area (Å²) in [6.45, 7) is 0. The first-order valence-electron chi connectivity index (χ1n) is 4.20. The monoisotopic (exact) mass is 280 g/mol. The normalized spacial score (nSPS) is 12.7. The molecule has 0 saturated heterocycles. The first-order chi connectivity index (χ1) is 8.00. The van der Waals surface area contributed by atoms with Crippen molar-refractivity contribution in [2.75, 3.05) is 7.11 Å². The van der Waals surface area contributed by atoms with E-state index in [0.29, 0.717) is 7.11 Å². The average molecular weight is 280 g/mol. The quantitative estimate of drug-likeness (QED) is 0.706. The summed E-state index contributed by atoms with van der Waals surface area (Å²) < 4.78 is 104. The number of benzene rings is 1. The smallest absolute Gasteiger partial charge is 0.422 e. The lowest BCUT2D eigenvalue weighted by Gasteiger charge is -2.16. The number of hydrogen-bond acceptors (Lipinski definition) is 1. The minimum atomic E-state index is -5.61. The Bertz CT molecular complexity index is 459. The van der Waals surface area contributed by atoms with E-state index >= 15 is 0 Å². The van der Waals surface area contributed by atoms with E-state index in [1.807, 2.05) is 0 Å². The third-order valence-corrected chi connectivity index (χ3v) is 1.98. The summed E-state index contributed by atoms with van der Waals surface area (Å²) in [6, 6.07) is -0.167. The van der Waals surface area contributed by atoms with Gasteiger partial charge in [-0.3, -0.25) is 0 Å². The Morgan fingerprint density at radius 2 is 1.39 bits per heavy atom. The zero-order valence-electron chi connectivity index (χ0n) is 8.51. The van der Waals surface area contributed by atoms with Crippen LogP contribution in [0.2, 0.25) is 0 Å². The zero-order valence-corrected chi connectivity index (χ0v) is 8.51. The molecule has 0 aliphatic carbocycles. The standard InChI is InChI=1S/C9H4F8O/c1-18-4-2-3(8(12,13)14)6(10)5(7(4)11)9(15,16)17/h2H,1H3. The van der Waals surface area contributed by atoms with Gasteiger partial charge in [-0.05, 0) is 6.07 Å². The second-order valence-electron chi connectivity index (χ2n) is 3.12. The molecule has 0 aliphatic heterocycles. The second-order valence-corrected chi connectivity index (χ2v) is 3.12. The molecule has 0 amide bonds. The average Bonchev–Trinajstić information content (AvgIpc) is 2.13. The Kier molecular flexibility index (Phi) is 3.46. The molecular weight excluding hydrogens is 276 g/mol. The van der Waals surface area contributed by atoms with Gasteiger partial charge in [0, 0.05) is 0 Å². The molecule has 0 heterocycles. The molecule has 0 spiro atoms. The van der Waals surface area contributed by atoms with Gasteiger partial charge < -0.3 is 4.74 Å². The molecule has 0 radical (unpaired) electrons. The van der Waals surface area contributed by atoms with Gasteiger partial charge in [0.2, 0.25) is 0 Å². The minimum Gasteiger partial charge on any atom is -0.494 e. The van der Waals surface area contributed by atoms with E-state index < -0.39 is 40.9 Å². The van der Waals surface area contributed by atoms with Gasteiger partial charge in [-0.15, -0.1) is 0 Å². The van der Waals surface area contributed by atoms with Crippen LogP contribution in [0.4, 0.5) is 35.1 Å². The van der Waals surface area contributed by atoms with Crippen LogP contribution in [0, 0.1) is 11.6 Å². The fourth-order valence-electron chi connectivity index (χ4n) is 1.22. The van der Waals surface area contributed by atoms with Crippen LogP contribution in [0.15, 0.2) is 6.07 Å². The van der Waals surface area contributed by atoms with Crippen molar-refractivity contribution in [3.8, 4) is 5.75 Å². The van der Waals surface area contributed by atoms with E-state index in [1.165, 1.54) is 0 Å². The highest BCUT2D eigenvalue weighted by molar-refractivity contribution is 5.40. The largest absolute Gasteiger partial charge is 0.494 e. The Hall–Kier alpha value is -1.54. The lowest BCUT2D eigenvalue weighted by Crippen LogP contribution is -2.18. The number of hydrogen-bond donors (Lipinski definition) is 0. The van der Waals surface area contributed by atoms with Crippen LogP contribution in [-0.4, -0.2) is 7.11 Å². The molecule has 18 heavy (non-hydrogen) atoms. The van der Waals surface area contributed by atoms with Crippen molar-refractivity contribution in [3.63, 3.8) is 0 Å². The van der Waals surface area contributed by atoms with Crippen molar-refractivity contribution in [1.29, 1.82) is 0 Å². The third-order valence-electron chi connectivity index (χ3n) is 1.98. The van der Waals surface area contributed by atoms with Gasteiger partial charge >= 0.3 is 12.4 Å². The highest BCUT2D eigenvalue weighted by Gasteiger charge is 2.45. The maximum atomic E-state index is 13.1. The summed E-state index contributed by atoms with van der Waals surface area (Å²) in [4.78, 5) is 0. The molecule has 0 aliphatic rings. The fourth-order valence-corrected chi connectivity index (χ4v) is 1.22. The van der Waals surface area contributed by atoms with Gasteiger partial charge in [0.15, 0.2) is 17.4 Å². The van der Waals surface area contributed by atoms with Gasteiger partial charge in [0.25, 0.3) is 0 Å². The summed E-state index contributed by atoms with van der Waals surface area (Å²) in [6.07, 6.45) is -11.0. The van der Waals surface area contributed by atoms with Gasteiger partial charge in [-0.25, -0.2) is 8.78 Å². The van der Waals surface area contributed by atoms with E-state index in [4.69, 9.17) is 0 Å². The number of ether oxygens (including phenoxy) is 1. The van der Waals surface area contributed by atoms with E-state index in [9.17, 15) is 35.1 Å². The van der Waals surface area contributed by atoms with Crippen molar-refractivity contribution in [1.82, 2.24) is 0 Å². The molecule has 0 N–H and O–H groups in total. The molecule has 102 valence electrons. The molecule has 1 aromatic carbocycles. The third kappa shape index (κ3) is 2.49. The van der Waals surface area contributed by atoms with Crippen LogP contribution in [0.1, 0.15) is 11.1 Å². The van der Waals surface area contributed by atoms with Crippen LogP contribution in [-0.2, 0) is 12.4 Å². The summed E-state index contributed by atoms with van der Waals surface area (Å²) in [5.41, 5.74) is -4.87. The minimum absolute atomic E-state index is 0.167. The fraction of sp³-hybridized carbons (Fsp3) is 0.333. The van der Waals surface area contributed by atoms with Crippen molar-refractivity contribution < 1.29 is 39.9 Å². The molecular formula is C9H4F8O. The maximum Gasteiger partial charge on any atom is 0.422 e. The molecule has 1 rings (SSSR count). The lowest BCUT2D eigenvalue weighted by molar-refractivity contribution is -0.149. The highest BCUT2D eigenvalue weighted by Crippen LogP contribution is 2.42.